The van der Waals surface area contributed by atoms with E-state index in [2.05, 4.69) is 5.32 Å². The first-order valence-corrected chi connectivity index (χ1v) is 7.23. The lowest BCUT2D eigenvalue weighted by atomic mass is 9.86. The summed E-state index contributed by atoms with van der Waals surface area (Å²) >= 11 is 0. The van der Waals surface area contributed by atoms with Crippen molar-refractivity contribution >= 4 is 23.5 Å². The fraction of sp³-hybridized carbons (Fsp3) is 0.438. The molecule has 0 radical (unpaired) electrons. The molecule has 1 aliphatic heterocycles. The molecule has 0 unspecified atom stereocenters. The first-order chi connectivity index (χ1) is 9.93. The van der Waals surface area contributed by atoms with Crippen LogP contribution in [0.15, 0.2) is 18.2 Å². The lowest BCUT2D eigenvalue weighted by Crippen LogP contribution is -2.62. The normalized spacial score (nSPS) is 21.0. The molecule has 5 heteroatoms. The van der Waals surface area contributed by atoms with Crippen LogP contribution in [0, 0.1) is 5.41 Å². The number of hydrogen-bond acceptors (Lipinski definition) is 3. The minimum absolute atomic E-state index is 0.463. The van der Waals surface area contributed by atoms with E-state index in [4.69, 9.17) is 0 Å². The minimum atomic E-state index is -1.23. The molecule has 1 N–H and O–H groups in total. The van der Waals surface area contributed by atoms with E-state index < -0.39 is 23.3 Å². The zero-order valence-electron chi connectivity index (χ0n) is 12.2. The molecule has 4 amide bonds. The maximum atomic E-state index is 12.6. The third kappa shape index (κ3) is 2.04. The van der Waals surface area contributed by atoms with Crippen LogP contribution in [0.3, 0.4) is 0 Å². The number of nitrogens with one attached hydrogen (secondary N) is 1. The third-order valence-electron chi connectivity index (χ3n) is 4.34. The monoisotopic (exact) mass is 286 g/mol. The van der Waals surface area contributed by atoms with Gasteiger partial charge in [-0.2, -0.15) is 0 Å². The topological polar surface area (TPSA) is 66.5 Å². The molecule has 1 aromatic rings. The van der Waals surface area contributed by atoms with Crippen LogP contribution in [0.2, 0.25) is 0 Å². The maximum Gasteiger partial charge on any atom is 0.335 e. The molecule has 110 valence electrons. The van der Waals surface area contributed by atoms with E-state index in [1.807, 2.05) is 12.1 Å². The Hall–Kier alpha value is -2.17. The predicted molar refractivity (Wildman–Crippen MR) is 77.9 cm³/mol. The van der Waals surface area contributed by atoms with Crippen molar-refractivity contribution in [3.05, 3.63) is 29.3 Å². The highest BCUT2D eigenvalue weighted by molar-refractivity contribution is 6.29. The van der Waals surface area contributed by atoms with Crippen molar-refractivity contribution in [1.29, 1.82) is 0 Å². The summed E-state index contributed by atoms with van der Waals surface area (Å²) in [4.78, 5) is 37.7. The predicted octanol–water partition coefficient (Wildman–Crippen LogP) is 2.17. The smallest absolute Gasteiger partial charge is 0.276 e. The van der Waals surface area contributed by atoms with Gasteiger partial charge in [-0.15, -0.1) is 0 Å². The number of fused-ring (bicyclic) bond motifs is 1. The standard InChI is InChI=1S/C16H18N2O3/c1-16(2)13(19)17-15(21)18(14(16)20)12-9-5-7-10-6-3-4-8-11(10)12/h5,7,9H,3-4,6,8H2,1-2H3,(H,17,19,21). The van der Waals surface area contributed by atoms with Gasteiger partial charge in [-0.1, -0.05) is 12.1 Å². The Kier molecular flexibility index (Phi) is 3.08. The molecular formula is C16H18N2O3. The van der Waals surface area contributed by atoms with Crippen molar-refractivity contribution in [2.24, 2.45) is 5.41 Å². The average Bonchev–Trinajstić information content (AvgIpc) is 2.46. The van der Waals surface area contributed by atoms with E-state index in [-0.39, 0.29) is 0 Å². The van der Waals surface area contributed by atoms with Crippen molar-refractivity contribution in [2.75, 3.05) is 4.90 Å². The number of aryl methyl sites for hydroxylation is 1. The molecule has 2 aliphatic rings. The summed E-state index contributed by atoms with van der Waals surface area (Å²) in [5.41, 5.74) is 1.63. The van der Waals surface area contributed by atoms with Crippen molar-refractivity contribution in [2.45, 2.75) is 39.5 Å². The number of amides is 4. The number of nitrogens with zero attached hydrogens (tertiary/aromatic N) is 1. The molecule has 21 heavy (non-hydrogen) atoms. The van der Waals surface area contributed by atoms with Crippen LogP contribution in [0.5, 0.6) is 0 Å². The summed E-state index contributed by atoms with van der Waals surface area (Å²) in [5, 5.41) is 2.28. The number of imide groups is 2. The van der Waals surface area contributed by atoms with Gasteiger partial charge in [0.2, 0.25) is 11.8 Å². The average molecular weight is 286 g/mol. The number of rotatable bonds is 1. The first-order valence-electron chi connectivity index (χ1n) is 7.23. The fourth-order valence-corrected chi connectivity index (χ4v) is 2.97. The molecule has 0 saturated carbocycles. The zero-order valence-corrected chi connectivity index (χ0v) is 12.2. The SMILES string of the molecule is CC1(C)C(=O)NC(=O)N(c2cccc3c2CCCC3)C1=O. The second kappa shape index (κ2) is 4.69. The summed E-state index contributed by atoms with van der Waals surface area (Å²) in [6.07, 6.45) is 4.00. The first kappa shape index (κ1) is 13.8. The van der Waals surface area contributed by atoms with Gasteiger partial charge in [-0.3, -0.25) is 14.9 Å². The summed E-state index contributed by atoms with van der Waals surface area (Å²) in [7, 11) is 0. The molecule has 3 rings (SSSR count). The molecule has 1 fully saturated rings. The molecule has 0 bridgehead atoms. The van der Waals surface area contributed by atoms with Gasteiger partial charge < -0.3 is 0 Å². The molecule has 1 saturated heterocycles. The Balaban J connectivity index is 2.09. The van der Waals surface area contributed by atoms with E-state index in [0.717, 1.165) is 36.1 Å². The minimum Gasteiger partial charge on any atom is -0.276 e. The van der Waals surface area contributed by atoms with E-state index in [9.17, 15) is 14.4 Å². The van der Waals surface area contributed by atoms with Gasteiger partial charge in [0, 0.05) is 0 Å². The van der Waals surface area contributed by atoms with E-state index in [1.165, 1.54) is 5.56 Å². The Bertz CT molecular complexity index is 649. The van der Waals surface area contributed by atoms with E-state index in [0.29, 0.717) is 5.69 Å². The molecule has 1 aliphatic carbocycles. The van der Waals surface area contributed by atoms with Gasteiger partial charge in [-0.25, -0.2) is 9.69 Å². The van der Waals surface area contributed by atoms with Crippen LogP contribution in [0.25, 0.3) is 0 Å². The van der Waals surface area contributed by atoms with Crippen LogP contribution in [0.1, 0.15) is 37.8 Å². The van der Waals surface area contributed by atoms with E-state index >= 15 is 0 Å². The number of anilines is 1. The lowest BCUT2D eigenvalue weighted by Gasteiger charge is -2.36. The molecule has 0 atom stereocenters. The highest BCUT2D eigenvalue weighted by Gasteiger charge is 2.48. The van der Waals surface area contributed by atoms with Crippen molar-refractivity contribution in [3.63, 3.8) is 0 Å². The number of benzene rings is 1. The van der Waals surface area contributed by atoms with Gasteiger partial charge in [0.05, 0.1) is 5.69 Å². The summed E-state index contributed by atoms with van der Waals surface area (Å²) < 4.78 is 0. The molecule has 5 nitrogen and oxygen atoms in total. The number of carbonyl (C=O) groups is 3. The van der Waals surface area contributed by atoms with Gasteiger partial charge in [0.25, 0.3) is 0 Å². The number of hydrogen-bond donors (Lipinski definition) is 1. The lowest BCUT2D eigenvalue weighted by molar-refractivity contribution is -0.140. The quantitative estimate of drug-likeness (QED) is 0.805. The van der Waals surface area contributed by atoms with Crippen LogP contribution in [0.4, 0.5) is 10.5 Å². The summed E-state index contributed by atoms with van der Waals surface area (Å²) in [6, 6.07) is 5.04. The number of carbonyl (C=O) groups excluding carboxylic acids is 3. The van der Waals surface area contributed by atoms with Crippen molar-refractivity contribution < 1.29 is 14.4 Å². The Morgan fingerprint density at radius 1 is 1.10 bits per heavy atom. The second-order valence-corrected chi connectivity index (χ2v) is 6.15. The molecule has 1 heterocycles. The van der Waals surface area contributed by atoms with Crippen molar-refractivity contribution in [3.8, 4) is 0 Å². The Morgan fingerprint density at radius 2 is 1.81 bits per heavy atom. The highest BCUT2D eigenvalue weighted by atomic mass is 16.2. The summed E-state index contributed by atoms with van der Waals surface area (Å²) in [5.74, 6) is -1.01. The number of urea groups is 1. The third-order valence-corrected chi connectivity index (χ3v) is 4.34. The molecular weight excluding hydrogens is 268 g/mol. The molecule has 0 spiro atoms. The van der Waals surface area contributed by atoms with Gasteiger partial charge >= 0.3 is 6.03 Å². The number of barbiturate groups is 1. The zero-order chi connectivity index (χ0) is 15.2. The van der Waals surface area contributed by atoms with Crippen LogP contribution < -0.4 is 10.2 Å². The van der Waals surface area contributed by atoms with Gasteiger partial charge in [0.15, 0.2) is 0 Å². The molecule has 1 aromatic carbocycles. The summed E-state index contributed by atoms with van der Waals surface area (Å²) in [6.45, 7) is 3.08. The molecule has 0 aromatic heterocycles. The van der Waals surface area contributed by atoms with Crippen LogP contribution >= 0.6 is 0 Å². The highest BCUT2D eigenvalue weighted by Crippen LogP contribution is 2.34. The second-order valence-electron chi connectivity index (χ2n) is 6.15. The van der Waals surface area contributed by atoms with Gasteiger partial charge in [-0.05, 0) is 56.7 Å². The Labute approximate surface area is 123 Å². The maximum absolute atomic E-state index is 12.6. The van der Waals surface area contributed by atoms with Gasteiger partial charge in [0.1, 0.15) is 5.41 Å². The van der Waals surface area contributed by atoms with Crippen LogP contribution in [-0.4, -0.2) is 17.8 Å². The largest absolute Gasteiger partial charge is 0.335 e. The van der Waals surface area contributed by atoms with Crippen molar-refractivity contribution in [1.82, 2.24) is 5.32 Å². The Morgan fingerprint density at radius 3 is 2.57 bits per heavy atom. The van der Waals surface area contributed by atoms with Crippen LogP contribution in [-0.2, 0) is 22.4 Å². The fourth-order valence-electron chi connectivity index (χ4n) is 2.97. The van der Waals surface area contributed by atoms with E-state index in [1.54, 1.807) is 19.9 Å².